The SMILES string of the molecule is CC(Sc1nc(N)cc(Cl)n1)c1nccc2c(CC(F)(F)F)cn(C)c12. The first-order valence-electron chi connectivity index (χ1n) is 7.60. The lowest BCUT2D eigenvalue weighted by Crippen LogP contribution is -2.11. The molecular weight excluding hydrogens is 387 g/mol. The predicted molar refractivity (Wildman–Crippen MR) is 96.2 cm³/mol. The lowest BCUT2D eigenvalue weighted by molar-refractivity contribution is -0.127. The lowest BCUT2D eigenvalue weighted by atomic mass is 10.1. The van der Waals surface area contributed by atoms with Crippen LogP contribution in [-0.2, 0) is 13.5 Å². The molecule has 3 rings (SSSR count). The molecular formula is C16H15ClF3N5S. The summed E-state index contributed by atoms with van der Waals surface area (Å²) < 4.78 is 40.2. The van der Waals surface area contributed by atoms with Crippen molar-refractivity contribution in [3.8, 4) is 0 Å². The molecule has 0 aliphatic rings. The third-order valence-electron chi connectivity index (χ3n) is 3.75. The number of aryl methyl sites for hydroxylation is 1. The minimum atomic E-state index is -4.27. The van der Waals surface area contributed by atoms with Gasteiger partial charge in [0.1, 0.15) is 11.0 Å². The summed E-state index contributed by atoms with van der Waals surface area (Å²) in [6, 6.07) is 3.04. The molecule has 5 nitrogen and oxygen atoms in total. The Hall–Kier alpha value is -2.00. The summed E-state index contributed by atoms with van der Waals surface area (Å²) in [4.78, 5) is 12.6. The summed E-state index contributed by atoms with van der Waals surface area (Å²) in [5.74, 6) is 0.247. The third kappa shape index (κ3) is 4.04. The van der Waals surface area contributed by atoms with Gasteiger partial charge in [0.05, 0.1) is 22.9 Å². The van der Waals surface area contributed by atoms with Crippen LogP contribution < -0.4 is 5.73 Å². The van der Waals surface area contributed by atoms with Gasteiger partial charge in [-0.2, -0.15) is 13.2 Å². The van der Waals surface area contributed by atoms with Gasteiger partial charge in [-0.1, -0.05) is 23.4 Å². The Kier molecular flexibility index (Phi) is 5.03. The van der Waals surface area contributed by atoms with Crippen LogP contribution in [0.4, 0.5) is 19.0 Å². The average molecular weight is 402 g/mol. The van der Waals surface area contributed by atoms with Crippen LogP contribution in [0.25, 0.3) is 10.9 Å². The van der Waals surface area contributed by atoms with Gasteiger partial charge in [-0.05, 0) is 18.6 Å². The number of nitrogens with two attached hydrogens (primary N) is 1. The Morgan fingerprint density at radius 1 is 1.35 bits per heavy atom. The zero-order valence-corrected chi connectivity index (χ0v) is 15.5. The van der Waals surface area contributed by atoms with Crippen molar-refractivity contribution in [1.29, 1.82) is 0 Å². The second-order valence-electron chi connectivity index (χ2n) is 5.81. The summed E-state index contributed by atoms with van der Waals surface area (Å²) in [5.41, 5.74) is 7.20. The molecule has 0 amide bonds. The molecule has 26 heavy (non-hydrogen) atoms. The topological polar surface area (TPSA) is 69.6 Å². The van der Waals surface area contributed by atoms with E-state index in [4.69, 9.17) is 17.3 Å². The average Bonchev–Trinajstić information content (AvgIpc) is 2.80. The van der Waals surface area contributed by atoms with Gasteiger partial charge < -0.3 is 10.3 Å². The van der Waals surface area contributed by atoms with E-state index in [0.29, 0.717) is 21.8 Å². The Morgan fingerprint density at radius 2 is 2.08 bits per heavy atom. The van der Waals surface area contributed by atoms with Crippen LogP contribution in [0, 0.1) is 0 Å². The highest BCUT2D eigenvalue weighted by Crippen LogP contribution is 2.37. The summed E-state index contributed by atoms with van der Waals surface area (Å²) in [7, 11) is 1.71. The molecule has 3 aromatic rings. The number of anilines is 1. The molecule has 3 heterocycles. The van der Waals surface area contributed by atoms with Crippen LogP contribution in [0.1, 0.15) is 23.4 Å². The van der Waals surface area contributed by atoms with Gasteiger partial charge in [0.25, 0.3) is 0 Å². The molecule has 1 unspecified atom stereocenters. The van der Waals surface area contributed by atoms with Gasteiger partial charge in [0.2, 0.25) is 0 Å². The number of thioether (sulfide) groups is 1. The Labute approximate surface area is 156 Å². The zero-order chi connectivity index (χ0) is 19.1. The van der Waals surface area contributed by atoms with Crippen LogP contribution >= 0.6 is 23.4 Å². The number of rotatable bonds is 4. The highest BCUT2D eigenvalue weighted by molar-refractivity contribution is 7.99. The Bertz CT molecular complexity index is 937. The molecule has 2 N–H and O–H groups in total. The van der Waals surface area contributed by atoms with Crippen molar-refractivity contribution < 1.29 is 13.2 Å². The van der Waals surface area contributed by atoms with Gasteiger partial charge in [-0.3, -0.25) is 4.98 Å². The monoisotopic (exact) mass is 401 g/mol. The van der Waals surface area contributed by atoms with E-state index in [1.807, 2.05) is 6.92 Å². The molecule has 3 aromatic heterocycles. The summed E-state index contributed by atoms with van der Waals surface area (Å²) in [6.07, 6.45) is -2.25. The summed E-state index contributed by atoms with van der Waals surface area (Å²) in [6.45, 7) is 1.88. The second-order valence-corrected chi connectivity index (χ2v) is 7.50. The molecule has 0 saturated carbocycles. The van der Waals surface area contributed by atoms with Crippen LogP contribution in [0.3, 0.4) is 0 Å². The largest absolute Gasteiger partial charge is 0.393 e. The first kappa shape index (κ1) is 18.8. The van der Waals surface area contributed by atoms with E-state index in [2.05, 4.69) is 15.0 Å². The number of nitrogens with zero attached hydrogens (tertiary/aromatic N) is 4. The number of fused-ring (bicyclic) bond motifs is 1. The molecule has 0 saturated heterocycles. The van der Waals surface area contributed by atoms with Crippen molar-refractivity contribution in [2.75, 3.05) is 5.73 Å². The smallest absolute Gasteiger partial charge is 0.384 e. The van der Waals surface area contributed by atoms with E-state index in [9.17, 15) is 13.2 Å². The van der Waals surface area contributed by atoms with Crippen LogP contribution in [0.2, 0.25) is 5.15 Å². The normalized spacial score (nSPS) is 13.3. The number of pyridine rings is 1. The van der Waals surface area contributed by atoms with Gasteiger partial charge in [0, 0.05) is 30.9 Å². The van der Waals surface area contributed by atoms with Crippen LogP contribution in [-0.4, -0.2) is 25.7 Å². The van der Waals surface area contributed by atoms with Crippen molar-refractivity contribution in [3.05, 3.63) is 40.9 Å². The summed E-state index contributed by atoms with van der Waals surface area (Å²) >= 11 is 7.18. The van der Waals surface area contributed by atoms with E-state index < -0.39 is 12.6 Å². The van der Waals surface area contributed by atoms with E-state index >= 15 is 0 Å². The van der Waals surface area contributed by atoms with Gasteiger partial charge >= 0.3 is 6.18 Å². The molecule has 0 aliphatic carbocycles. The number of alkyl halides is 3. The Morgan fingerprint density at radius 3 is 2.73 bits per heavy atom. The molecule has 0 aromatic carbocycles. The van der Waals surface area contributed by atoms with Crippen molar-refractivity contribution >= 4 is 40.1 Å². The van der Waals surface area contributed by atoms with E-state index in [0.717, 1.165) is 0 Å². The minimum absolute atomic E-state index is 0.219. The zero-order valence-electron chi connectivity index (χ0n) is 13.9. The Balaban J connectivity index is 1.99. The summed E-state index contributed by atoms with van der Waals surface area (Å²) in [5, 5.41) is 0.924. The van der Waals surface area contributed by atoms with Gasteiger partial charge in [0.15, 0.2) is 5.16 Å². The fourth-order valence-electron chi connectivity index (χ4n) is 2.80. The van der Waals surface area contributed by atoms with Crippen molar-refractivity contribution in [1.82, 2.24) is 19.5 Å². The molecule has 0 fully saturated rings. The predicted octanol–water partition coefficient (Wildman–Crippen LogP) is 4.56. The van der Waals surface area contributed by atoms with Crippen LogP contribution in [0.15, 0.2) is 29.7 Å². The van der Waals surface area contributed by atoms with Crippen molar-refractivity contribution in [2.45, 2.75) is 29.9 Å². The van der Waals surface area contributed by atoms with Gasteiger partial charge in [-0.15, -0.1) is 0 Å². The highest BCUT2D eigenvalue weighted by Gasteiger charge is 2.30. The lowest BCUT2D eigenvalue weighted by Gasteiger charge is -2.12. The number of halogens is 4. The highest BCUT2D eigenvalue weighted by atomic mass is 35.5. The quantitative estimate of drug-likeness (QED) is 0.394. The van der Waals surface area contributed by atoms with E-state index in [-0.39, 0.29) is 21.8 Å². The fraction of sp³-hybridized carbons (Fsp3) is 0.312. The van der Waals surface area contributed by atoms with Crippen molar-refractivity contribution in [2.24, 2.45) is 7.05 Å². The fourth-order valence-corrected chi connectivity index (χ4v) is 3.95. The molecule has 0 aliphatic heterocycles. The first-order chi connectivity index (χ1) is 12.1. The molecule has 1 atom stereocenters. The van der Waals surface area contributed by atoms with Crippen LogP contribution in [0.5, 0.6) is 0 Å². The molecule has 10 heteroatoms. The third-order valence-corrected chi connectivity index (χ3v) is 4.92. The van der Waals surface area contributed by atoms with Crippen molar-refractivity contribution in [3.63, 3.8) is 0 Å². The van der Waals surface area contributed by atoms with E-state index in [1.54, 1.807) is 17.7 Å². The minimum Gasteiger partial charge on any atom is -0.384 e. The van der Waals surface area contributed by atoms with E-state index in [1.165, 1.54) is 30.2 Å². The first-order valence-corrected chi connectivity index (χ1v) is 8.86. The maximum Gasteiger partial charge on any atom is 0.393 e. The van der Waals surface area contributed by atoms with Gasteiger partial charge in [-0.25, -0.2) is 9.97 Å². The maximum absolute atomic E-state index is 12.8. The number of nitrogen functional groups attached to an aromatic ring is 1. The molecule has 0 bridgehead atoms. The maximum atomic E-state index is 12.8. The second kappa shape index (κ2) is 6.96. The number of hydrogen-bond acceptors (Lipinski definition) is 5. The molecule has 0 spiro atoms. The molecule has 138 valence electrons. The molecule has 0 radical (unpaired) electrons. The standard InChI is InChI=1S/C16H15ClF3N5S/c1-8(26-15-23-11(17)5-12(21)24-15)13-14-10(3-4-22-13)9(7-25(14)2)6-16(18,19)20/h3-5,7-8H,6H2,1-2H3,(H2,21,23,24). The number of aromatic nitrogens is 4. The number of hydrogen-bond donors (Lipinski definition) is 1.